The molecule has 0 spiro atoms. The first-order valence-electron chi connectivity index (χ1n) is 14.2. The molecule has 4 rings (SSSR count). The van der Waals surface area contributed by atoms with Crippen LogP contribution in [0, 0.1) is 0 Å². The van der Waals surface area contributed by atoms with E-state index in [0.29, 0.717) is 23.2 Å². The predicted octanol–water partition coefficient (Wildman–Crippen LogP) is 7.66. The van der Waals surface area contributed by atoms with Gasteiger partial charge in [0.15, 0.2) is 0 Å². The van der Waals surface area contributed by atoms with E-state index in [1.54, 1.807) is 0 Å². The van der Waals surface area contributed by atoms with Gasteiger partial charge in [0, 0.05) is 46.4 Å². The highest BCUT2D eigenvalue weighted by Crippen LogP contribution is 2.58. The average Bonchev–Trinajstić information content (AvgIpc) is 3.38. The van der Waals surface area contributed by atoms with Crippen LogP contribution in [0.5, 0.6) is 0 Å². The highest BCUT2D eigenvalue weighted by molar-refractivity contribution is 6.84. The molecule has 1 fully saturated rings. The van der Waals surface area contributed by atoms with Crippen molar-refractivity contribution < 1.29 is 0 Å². The van der Waals surface area contributed by atoms with Gasteiger partial charge in [-0.25, -0.2) is 0 Å². The molecule has 2 aliphatic rings. The van der Waals surface area contributed by atoms with Crippen LogP contribution in [0.3, 0.4) is 0 Å². The molecule has 1 saturated heterocycles. The average molecular weight is 515 g/mol. The van der Waals surface area contributed by atoms with Crippen molar-refractivity contribution in [3.05, 3.63) is 83.9 Å². The summed E-state index contributed by atoms with van der Waals surface area (Å²) in [5.74, 6) is 2.31. The number of amidine groups is 2. The molecule has 0 N–H and O–H groups in total. The van der Waals surface area contributed by atoms with Crippen molar-refractivity contribution in [2.24, 2.45) is 9.98 Å². The SMILES string of the molecule is CC(C)N=C(c1ccccc1)N(C(C)C)[Si]1(N(C(=NC(C)C)c2ccccc2)C(C)C)[C@@H]2C=C[C@H]1CC2. The van der Waals surface area contributed by atoms with Crippen molar-refractivity contribution in [2.45, 2.75) is 103 Å². The Labute approximate surface area is 226 Å². The molecule has 0 radical (unpaired) electrons. The number of fused-ring (bicyclic) bond motifs is 2. The van der Waals surface area contributed by atoms with E-state index < -0.39 is 8.40 Å². The molecule has 4 nitrogen and oxygen atoms in total. The molecule has 5 heteroatoms. The van der Waals surface area contributed by atoms with Crippen molar-refractivity contribution in [3.63, 3.8) is 0 Å². The van der Waals surface area contributed by atoms with Crippen LogP contribution in [-0.4, -0.2) is 53.4 Å². The molecule has 198 valence electrons. The lowest BCUT2D eigenvalue weighted by Crippen LogP contribution is -2.73. The van der Waals surface area contributed by atoms with E-state index in [2.05, 4.69) is 137 Å². The Bertz CT molecular complexity index is 1030. The van der Waals surface area contributed by atoms with Gasteiger partial charge in [-0.1, -0.05) is 72.8 Å². The van der Waals surface area contributed by atoms with E-state index in [9.17, 15) is 0 Å². The summed E-state index contributed by atoms with van der Waals surface area (Å²) in [5.41, 5.74) is 3.50. The van der Waals surface area contributed by atoms with Crippen LogP contribution in [0.25, 0.3) is 0 Å². The van der Waals surface area contributed by atoms with Gasteiger partial charge >= 0.3 is 0 Å². The van der Waals surface area contributed by atoms with Gasteiger partial charge in [0.25, 0.3) is 8.40 Å². The smallest absolute Gasteiger partial charge is 0.281 e. The summed E-state index contributed by atoms with van der Waals surface area (Å²) in [5, 5.41) is 0. The Morgan fingerprint density at radius 3 is 1.24 bits per heavy atom. The topological polar surface area (TPSA) is 31.2 Å². The molecule has 0 aromatic heterocycles. The number of nitrogens with zero attached hydrogens (tertiary/aromatic N) is 4. The number of benzene rings is 2. The maximum absolute atomic E-state index is 5.37. The van der Waals surface area contributed by atoms with Crippen molar-refractivity contribution in [3.8, 4) is 0 Å². The van der Waals surface area contributed by atoms with Gasteiger partial charge in [0.1, 0.15) is 11.7 Å². The van der Waals surface area contributed by atoms with Gasteiger partial charge in [0.05, 0.1) is 0 Å². The third kappa shape index (κ3) is 5.20. The first-order chi connectivity index (χ1) is 17.7. The largest absolute Gasteiger partial charge is 0.362 e. The Morgan fingerprint density at radius 2 is 0.973 bits per heavy atom. The maximum Gasteiger partial charge on any atom is 0.281 e. The van der Waals surface area contributed by atoms with Gasteiger partial charge in [-0.15, -0.1) is 0 Å². The van der Waals surface area contributed by atoms with Gasteiger partial charge in [-0.05, 0) is 68.2 Å². The lowest BCUT2D eigenvalue weighted by molar-refractivity contribution is 0.390. The van der Waals surface area contributed by atoms with Gasteiger partial charge in [-0.3, -0.25) is 9.98 Å². The third-order valence-electron chi connectivity index (χ3n) is 7.54. The monoisotopic (exact) mass is 514 g/mol. The Balaban J connectivity index is 2.02. The fourth-order valence-electron chi connectivity index (χ4n) is 6.50. The van der Waals surface area contributed by atoms with Crippen LogP contribution in [-0.2, 0) is 0 Å². The second kappa shape index (κ2) is 11.4. The number of hydrogen-bond donors (Lipinski definition) is 0. The fraction of sp³-hybridized carbons (Fsp3) is 0.500. The highest BCUT2D eigenvalue weighted by Gasteiger charge is 2.65. The van der Waals surface area contributed by atoms with Crippen molar-refractivity contribution in [2.75, 3.05) is 0 Å². The second-order valence-electron chi connectivity index (χ2n) is 11.7. The van der Waals surface area contributed by atoms with Gasteiger partial charge in [-0.2, -0.15) is 0 Å². The van der Waals surface area contributed by atoms with Crippen molar-refractivity contribution in [1.82, 2.24) is 9.13 Å². The van der Waals surface area contributed by atoms with Crippen LogP contribution in [0.2, 0.25) is 11.1 Å². The molecule has 2 aromatic carbocycles. The molecule has 0 saturated carbocycles. The minimum atomic E-state index is -2.44. The molecular formula is C32H46N4Si. The summed E-state index contributed by atoms with van der Waals surface area (Å²) < 4.78 is 5.62. The number of allylic oxidation sites excluding steroid dienone is 2. The normalized spacial score (nSPS) is 23.7. The summed E-state index contributed by atoms with van der Waals surface area (Å²) in [6, 6.07) is 22.8. The zero-order valence-corrected chi connectivity index (χ0v) is 25.1. The summed E-state index contributed by atoms with van der Waals surface area (Å²) in [6.07, 6.45) is 7.57. The predicted molar refractivity (Wildman–Crippen MR) is 162 cm³/mol. The first-order valence-corrected chi connectivity index (χ1v) is 16.3. The molecule has 2 atom stereocenters. The van der Waals surface area contributed by atoms with E-state index in [1.165, 1.54) is 24.0 Å². The molecule has 2 heterocycles. The van der Waals surface area contributed by atoms with Crippen LogP contribution in [0.4, 0.5) is 0 Å². The van der Waals surface area contributed by atoms with E-state index >= 15 is 0 Å². The molecule has 0 unspecified atom stereocenters. The number of aliphatic imine (C=N–C) groups is 2. The summed E-state index contributed by atoms with van der Waals surface area (Å²) in [4.78, 5) is 10.7. The Morgan fingerprint density at radius 1 is 0.622 bits per heavy atom. The third-order valence-corrected chi connectivity index (χ3v) is 13.7. The molecule has 0 aliphatic carbocycles. The standard InChI is InChI=1S/C32H46N4Si/c1-23(2)33-31(27-15-11-9-12-16-27)35(25(5)6)37(29-19-20-30(37)22-21-29)36(26(7)8)32(34-24(3)4)28-17-13-10-14-18-28/h9-20,23-26,29-30H,21-22H2,1-8H3/t29-,30+,37?. The van der Waals surface area contributed by atoms with Crippen LogP contribution >= 0.6 is 0 Å². The zero-order valence-electron chi connectivity index (χ0n) is 24.1. The summed E-state index contributed by atoms with van der Waals surface area (Å²) in [6.45, 7) is 18.3. The summed E-state index contributed by atoms with van der Waals surface area (Å²) in [7, 11) is -2.44. The minimum Gasteiger partial charge on any atom is -0.362 e. The molecule has 2 aromatic rings. The molecular weight excluding hydrogens is 468 g/mol. The number of hydrogen-bond acceptors (Lipinski definition) is 2. The quantitative estimate of drug-likeness (QED) is 0.157. The Kier molecular flexibility index (Phi) is 8.42. The maximum atomic E-state index is 5.37. The lowest BCUT2D eigenvalue weighted by atomic mass is 10.1. The molecule has 2 bridgehead atoms. The fourth-order valence-corrected chi connectivity index (χ4v) is 13.4. The minimum absolute atomic E-state index is 0.208. The summed E-state index contributed by atoms with van der Waals surface area (Å²) >= 11 is 0. The van der Waals surface area contributed by atoms with Gasteiger partial charge < -0.3 is 9.13 Å². The zero-order chi connectivity index (χ0) is 26.7. The van der Waals surface area contributed by atoms with Crippen LogP contribution in [0.15, 0.2) is 82.8 Å². The second-order valence-corrected chi connectivity index (χ2v) is 15.7. The highest BCUT2D eigenvalue weighted by atomic mass is 28.4. The lowest BCUT2D eigenvalue weighted by Gasteiger charge is -2.55. The van der Waals surface area contributed by atoms with Crippen LogP contribution in [0.1, 0.15) is 79.4 Å². The molecule has 2 aliphatic heterocycles. The first kappa shape index (κ1) is 27.4. The van der Waals surface area contributed by atoms with E-state index in [4.69, 9.17) is 9.98 Å². The van der Waals surface area contributed by atoms with E-state index in [-0.39, 0.29) is 12.1 Å². The van der Waals surface area contributed by atoms with E-state index in [0.717, 1.165) is 11.7 Å². The van der Waals surface area contributed by atoms with E-state index in [1.807, 2.05) is 0 Å². The van der Waals surface area contributed by atoms with Crippen LogP contribution < -0.4 is 0 Å². The van der Waals surface area contributed by atoms with Crippen molar-refractivity contribution in [1.29, 1.82) is 0 Å². The molecule has 37 heavy (non-hydrogen) atoms. The van der Waals surface area contributed by atoms with Crippen molar-refractivity contribution >= 4 is 20.1 Å². The Hall–Kier alpha value is -2.66. The van der Waals surface area contributed by atoms with Gasteiger partial charge in [0.2, 0.25) is 0 Å². The molecule has 0 amide bonds. The number of rotatable bonds is 8.